The van der Waals surface area contributed by atoms with Crippen molar-refractivity contribution >= 4 is 40.6 Å². The molecule has 3 aromatic carbocycles. The van der Waals surface area contributed by atoms with Crippen molar-refractivity contribution in [1.29, 1.82) is 0 Å². The van der Waals surface area contributed by atoms with E-state index in [2.05, 4.69) is 51.9 Å². The van der Waals surface area contributed by atoms with Gasteiger partial charge in [0.1, 0.15) is 5.75 Å². The van der Waals surface area contributed by atoms with Gasteiger partial charge in [0.2, 0.25) is 0 Å². The molecule has 0 saturated carbocycles. The number of ether oxygens (including phenoxy) is 1. The summed E-state index contributed by atoms with van der Waals surface area (Å²) in [5.74, 6) is 1.26. The number of thioether (sulfide) groups is 1. The van der Waals surface area contributed by atoms with Crippen LogP contribution in [0.4, 0.5) is 0 Å². The van der Waals surface area contributed by atoms with Crippen LogP contribution in [0.15, 0.2) is 107 Å². The van der Waals surface area contributed by atoms with Crippen molar-refractivity contribution in [2.75, 3.05) is 12.9 Å². The molecule has 46 heavy (non-hydrogen) atoms. The number of carbonyl (C=O) groups is 2. The van der Waals surface area contributed by atoms with Crippen molar-refractivity contribution in [3.63, 3.8) is 0 Å². The molecule has 0 aliphatic carbocycles. The van der Waals surface area contributed by atoms with Crippen molar-refractivity contribution in [3.05, 3.63) is 129 Å². The Morgan fingerprint density at radius 3 is 2.48 bits per heavy atom. The number of nitrogens with one attached hydrogen (secondary N) is 1. The fourth-order valence-electron chi connectivity index (χ4n) is 5.26. The number of thiophene rings is 1. The van der Waals surface area contributed by atoms with E-state index in [1.54, 1.807) is 18.2 Å². The predicted molar refractivity (Wildman–Crippen MR) is 181 cm³/mol. The summed E-state index contributed by atoms with van der Waals surface area (Å²) in [5, 5.41) is 20.8. The molecule has 6 rings (SSSR count). The molecule has 2 aromatic heterocycles. The fourth-order valence-corrected chi connectivity index (χ4v) is 6.74. The van der Waals surface area contributed by atoms with Gasteiger partial charge in [-0.15, -0.1) is 21.5 Å². The molecule has 0 bridgehead atoms. The van der Waals surface area contributed by atoms with Crippen LogP contribution in [0.3, 0.4) is 0 Å². The minimum absolute atomic E-state index is 0.121. The molecule has 2 amide bonds. The summed E-state index contributed by atoms with van der Waals surface area (Å²) < 4.78 is 7.32. The summed E-state index contributed by atoms with van der Waals surface area (Å²) in [6, 6.07) is 29.6. The number of hydrogen-bond acceptors (Lipinski definition) is 8. The Kier molecular flexibility index (Phi) is 9.90. The molecule has 1 atom stereocenters. The molecule has 0 spiro atoms. The van der Waals surface area contributed by atoms with Crippen molar-refractivity contribution in [3.8, 4) is 5.75 Å². The Hall–Kier alpha value is -4.74. The van der Waals surface area contributed by atoms with Gasteiger partial charge in [0.05, 0.1) is 36.0 Å². The van der Waals surface area contributed by atoms with Gasteiger partial charge in [-0.1, -0.05) is 78.0 Å². The summed E-state index contributed by atoms with van der Waals surface area (Å²) in [7, 11) is 1.64. The Balaban J connectivity index is 1.21. The van der Waals surface area contributed by atoms with E-state index < -0.39 is 0 Å². The zero-order valence-electron chi connectivity index (χ0n) is 25.6. The number of carbonyl (C=O) groups excluding carboxylic acids is 2. The Bertz CT molecular complexity index is 1800. The molecule has 1 unspecified atom stereocenters. The van der Waals surface area contributed by atoms with E-state index in [9.17, 15) is 9.59 Å². The molecule has 0 saturated heterocycles. The van der Waals surface area contributed by atoms with E-state index in [-0.39, 0.29) is 30.2 Å². The minimum atomic E-state index is -0.218. The summed E-state index contributed by atoms with van der Waals surface area (Å²) in [5.41, 5.74) is 5.17. The van der Waals surface area contributed by atoms with Crippen molar-refractivity contribution < 1.29 is 14.3 Å². The molecule has 234 valence electrons. The SMILES string of the molecule is COc1ccc(C2=NN(C(=O)CSc3nnc(CNC(=O)c4cccs4)n3CCc3ccccc3)C(c3ccc(C)cc3)C2)cc1. The van der Waals surface area contributed by atoms with Crippen LogP contribution in [-0.4, -0.2) is 50.2 Å². The van der Waals surface area contributed by atoms with Crippen LogP contribution >= 0.6 is 23.1 Å². The molecule has 0 radical (unpaired) electrons. The van der Waals surface area contributed by atoms with E-state index in [1.165, 1.54) is 28.7 Å². The maximum Gasteiger partial charge on any atom is 0.261 e. The quantitative estimate of drug-likeness (QED) is 0.159. The van der Waals surface area contributed by atoms with Crippen LogP contribution in [0.1, 0.15) is 50.2 Å². The summed E-state index contributed by atoms with van der Waals surface area (Å²) in [6.45, 7) is 2.88. The monoisotopic (exact) mass is 650 g/mol. The van der Waals surface area contributed by atoms with Gasteiger partial charge in [-0.3, -0.25) is 9.59 Å². The normalized spacial score (nSPS) is 14.3. The van der Waals surface area contributed by atoms with Crippen molar-refractivity contribution in [2.24, 2.45) is 5.10 Å². The predicted octanol–water partition coefficient (Wildman–Crippen LogP) is 6.30. The second-order valence-corrected chi connectivity index (χ2v) is 12.8. The third-order valence-electron chi connectivity index (χ3n) is 7.79. The van der Waals surface area contributed by atoms with Crippen LogP contribution in [0.5, 0.6) is 5.75 Å². The lowest BCUT2D eigenvalue weighted by atomic mass is 9.97. The van der Waals surface area contributed by atoms with Crippen LogP contribution in [0.2, 0.25) is 0 Å². The van der Waals surface area contributed by atoms with Gasteiger partial charge >= 0.3 is 0 Å². The third-order valence-corrected chi connectivity index (χ3v) is 9.61. The highest BCUT2D eigenvalue weighted by Gasteiger charge is 2.33. The molecule has 1 aliphatic rings. The third kappa shape index (κ3) is 7.38. The number of benzene rings is 3. The zero-order valence-corrected chi connectivity index (χ0v) is 27.3. The fraction of sp³-hybridized carbons (Fsp3) is 0.229. The largest absolute Gasteiger partial charge is 0.497 e. The van der Waals surface area contributed by atoms with Crippen molar-refractivity contribution in [2.45, 2.75) is 44.1 Å². The molecular weight excluding hydrogens is 617 g/mol. The topological polar surface area (TPSA) is 102 Å². The number of hydrazone groups is 1. The standard InChI is InChI=1S/C35H34N6O3S2/c1-24-10-12-27(13-11-24)30-21-29(26-14-16-28(44-2)17-15-26)39-41(30)33(42)23-46-35-38-37-32(22-36-34(43)31-9-6-20-45-31)40(35)19-18-25-7-4-3-5-8-25/h3-17,20,30H,18-19,21-23H2,1-2H3,(H,36,43). The zero-order chi connectivity index (χ0) is 31.9. The number of aryl methyl sites for hydroxylation is 2. The smallest absolute Gasteiger partial charge is 0.261 e. The lowest BCUT2D eigenvalue weighted by molar-refractivity contribution is -0.130. The van der Waals surface area contributed by atoms with Gasteiger partial charge in [-0.25, -0.2) is 5.01 Å². The molecule has 1 N–H and O–H groups in total. The molecule has 11 heteroatoms. The Labute approximate surface area is 276 Å². The van der Waals surface area contributed by atoms with Crippen molar-refractivity contribution in [1.82, 2.24) is 25.1 Å². The summed E-state index contributed by atoms with van der Waals surface area (Å²) in [4.78, 5) is 27.1. The minimum Gasteiger partial charge on any atom is -0.497 e. The van der Waals surface area contributed by atoms with Crippen LogP contribution in [0.25, 0.3) is 0 Å². The molecule has 5 aromatic rings. The highest BCUT2D eigenvalue weighted by molar-refractivity contribution is 7.99. The molecule has 1 aliphatic heterocycles. The number of methoxy groups -OCH3 is 1. The van der Waals surface area contributed by atoms with Gasteiger partial charge in [0, 0.05) is 13.0 Å². The first-order valence-corrected chi connectivity index (χ1v) is 16.9. The van der Waals surface area contributed by atoms with Gasteiger partial charge in [-0.05, 0) is 65.7 Å². The molecule has 9 nitrogen and oxygen atoms in total. The summed E-state index contributed by atoms with van der Waals surface area (Å²) in [6.07, 6.45) is 1.36. The van der Waals surface area contributed by atoms with E-state index in [4.69, 9.17) is 9.84 Å². The Morgan fingerprint density at radius 1 is 0.978 bits per heavy atom. The van der Waals surface area contributed by atoms with Gasteiger partial charge < -0.3 is 14.6 Å². The molecule has 0 fully saturated rings. The average molecular weight is 651 g/mol. The van der Waals surface area contributed by atoms with Crippen LogP contribution < -0.4 is 10.1 Å². The number of nitrogens with zero attached hydrogens (tertiary/aromatic N) is 5. The van der Waals surface area contributed by atoms with E-state index in [1.807, 2.05) is 65.4 Å². The second-order valence-electron chi connectivity index (χ2n) is 10.9. The van der Waals surface area contributed by atoms with E-state index in [0.29, 0.717) is 28.8 Å². The highest BCUT2D eigenvalue weighted by atomic mass is 32.2. The lowest BCUT2D eigenvalue weighted by Crippen LogP contribution is -2.28. The van der Waals surface area contributed by atoms with Gasteiger partial charge in [-0.2, -0.15) is 5.10 Å². The highest BCUT2D eigenvalue weighted by Crippen LogP contribution is 2.34. The van der Waals surface area contributed by atoms with Gasteiger partial charge in [0.25, 0.3) is 11.8 Å². The first-order chi connectivity index (χ1) is 22.5. The number of hydrogen-bond donors (Lipinski definition) is 1. The first-order valence-electron chi connectivity index (χ1n) is 15.0. The Morgan fingerprint density at radius 2 is 1.76 bits per heavy atom. The average Bonchev–Trinajstić information content (AvgIpc) is 3.87. The molecular formula is C35H34N6O3S2. The summed E-state index contributed by atoms with van der Waals surface area (Å²) >= 11 is 2.72. The van der Waals surface area contributed by atoms with E-state index in [0.717, 1.165) is 34.6 Å². The maximum absolute atomic E-state index is 13.9. The van der Waals surface area contributed by atoms with Crippen LogP contribution in [0, 0.1) is 6.92 Å². The lowest BCUT2D eigenvalue weighted by Gasteiger charge is -2.22. The van der Waals surface area contributed by atoms with E-state index >= 15 is 0 Å². The molecule has 3 heterocycles. The first kappa shape index (κ1) is 31.3. The number of aromatic nitrogens is 3. The number of rotatable bonds is 12. The second kappa shape index (κ2) is 14.6. The van der Waals surface area contributed by atoms with Gasteiger partial charge in [0.15, 0.2) is 11.0 Å². The maximum atomic E-state index is 13.9. The number of amides is 2. The van der Waals surface area contributed by atoms with Crippen LogP contribution in [-0.2, 0) is 24.3 Å².